The van der Waals surface area contributed by atoms with Crippen molar-refractivity contribution in [3.05, 3.63) is 102 Å². The lowest BCUT2D eigenvalue weighted by atomic mass is 10.1. The molecule has 1 unspecified atom stereocenters. The number of hydrogen-bond donors (Lipinski definition) is 1. The van der Waals surface area contributed by atoms with Crippen LogP contribution in [0.25, 0.3) is 28.1 Å². The van der Waals surface area contributed by atoms with Gasteiger partial charge in [0.05, 0.1) is 39.5 Å². The first-order valence-corrected chi connectivity index (χ1v) is 12.9. The Morgan fingerprint density at radius 3 is 2.47 bits per heavy atom. The maximum atomic E-state index is 5.33. The average molecular weight is 474 g/mol. The van der Waals surface area contributed by atoms with Crippen molar-refractivity contribution in [2.24, 2.45) is 4.99 Å². The van der Waals surface area contributed by atoms with Gasteiger partial charge in [0.15, 0.2) is 0 Å². The Labute approximate surface area is 212 Å². The molecule has 1 fully saturated rings. The lowest BCUT2D eigenvalue weighted by molar-refractivity contribution is 0.218. The number of likely N-dealkylation sites (tertiary alicyclic amines) is 1. The van der Waals surface area contributed by atoms with Crippen molar-refractivity contribution in [1.29, 1.82) is 0 Å². The minimum Gasteiger partial charge on any atom is -0.354 e. The Kier molecular flexibility index (Phi) is 6.22. The molecule has 36 heavy (non-hydrogen) atoms. The number of benzene rings is 4. The van der Waals surface area contributed by atoms with Crippen LogP contribution in [-0.4, -0.2) is 40.1 Å². The van der Waals surface area contributed by atoms with Gasteiger partial charge in [-0.15, -0.1) is 0 Å². The van der Waals surface area contributed by atoms with Gasteiger partial charge in [-0.2, -0.15) is 0 Å². The number of piperidine rings is 1. The summed E-state index contributed by atoms with van der Waals surface area (Å²) in [6.45, 7) is 5.48. The average Bonchev–Trinajstić information content (AvgIpc) is 2.93. The van der Waals surface area contributed by atoms with Crippen LogP contribution in [-0.2, 0) is 0 Å². The third kappa shape index (κ3) is 4.50. The van der Waals surface area contributed by atoms with E-state index in [1.54, 1.807) is 0 Å². The highest BCUT2D eigenvalue weighted by molar-refractivity contribution is 5.84. The first-order valence-electron chi connectivity index (χ1n) is 12.9. The summed E-state index contributed by atoms with van der Waals surface area (Å²) in [5, 5.41) is 4.61. The summed E-state index contributed by atoms with van der Waals surface area (Å²) in [5.74, 6) is 0. The molecule has 5 heteroatoms. The van der Waals surface area contributed by atoms with Gasteiger partial charge in [-0.25, -0.2) is 4.98 Å². The first-order chi connectivity index (χ1) is 17.8. The maximum absolute atomic E-state index is 5.33. The fraction of sp³-hybridized carbons (Fsp3) is 0.226. The van der Waals surface area contributed by atoms with Crippen molar-refractivity contribution in [2.75, 3.05) is 25.0 Å². The summed E-state index contributed by atoms with van der Waals surface area (Å²) in [6, 6.07) is 33.9. The van der Waals surface area contributed by atoms with Gasteiger partial charge in [-0.05, 0) is 74.5 Å². The van der Waals surface area contributed by atoms with Gasteiger partial charge in [0, 0.05) is 17.9 Å². The van der Waals surface area contributed by atoms with Crippen molar-refractivity contribution in [3.8, 4) is 17.1 Å². The number of rotatable bonds is 5. The molecule has 180 valence electrons. The molecule has 1 N–H and O–H groups in total. The topological polar surface area (TPSA) is 45.5 Å². The van der Waals surface area contributed by atoms with E-state index in [0.29, 0.717) is 0 Å². The Morgan fingerprint density at radius 2 is 1.67 bits per heavy atom. The molecular weight excluding hydrogens is 442 g/mol. The summed E-state index contributed by atoms with van der Waals surface area (Å²) in [6.07, 6.45) is 2.31. The van der Waals surface area contributed by atoms with Crippen LogP contribution in [0.4, 0.5) is 11.4 Å². The van der Waals surface area contributed by atoms with Crippen LogP contribution in [0.1, 0.15) is 19.8 Å². The van der Waals surface area contributed by atoms with E-state index in [4.69, 9.17) is 9.98 Å². The molecule has 5 nitrogen and oxygen atoms in total. The van der Waals surface area contributed by atoms with E-state index in [9.17, 15) is 0 Å². The smallest absolute Gasteiger partial charge is 0.0900 e. The number of hydrogen-bond acceptors (Lipinski definition) is 4. The van der Waals surface area contributed by atoms with E-state index in [2.05, 4.69) is 107 Å². The molecule has 1 atom stereocenters. The molecule has 3 aromatic carbocycles. The van der Waals surface area contributed by atoms with Crippen LogP contribution >= 0.6 is 0 Å². The quantitative estimate of drug-likeness (QED) is 0.307. The van der Waals surface area contributed by atoms with E-state index >= 15 is 0 Å². The van der Waals surface area contributed by atoms with Crippen molar-refractivity contribution in [3.63, 3.8) is 0 Å². The molecule has 1 aliphatic carbocycles. The molecule has 0 bridgehead atoms. The summed E-state index contributed by atoms with van der Waals surface area (Å²) in [4.78, 5) is 12.9. The predicted molar refractivity (Wildman–Crippen MR) is 148 cm³/mol. The number of likely N-dealkylation sites (N-methyl/N-ethyl adjacent to an activating group) is 1. The lowest BCUT2D eigenvalue weighted by Crippen LogP contribution is -2.38. The van der Waals surface area contributed by atoms with Crippen LogP contribution in [0.15, 0.2) is 102 Å². The molecule has 1 saturated heterocycles. The fourth-order valence-corrected chi connectivity index (χ4v) is 5.20. The van der Waals surface area contributed by atoms with Crippen LogP contribution in [0.5, 0.6) is 0 Å². The van der Waals surface area contributed by atoms with E-state index in [1.807, 2.05) is 12.1 Å². The molecular formula is C31H31N5. The summed E-state index contributed by atoms with van der Waals surface area (Å²) >= 11 is 0. The zero-order chi connectivity index (χ0) is 24.3. The molecule has 3 aliphatic rings. The molecule has 0 saturated carbocycles. The molecule has 6 rings (SSSR count). The maximum Gasteiger partial charge on any atom is 0.0900 e. The van der Waals surface area contributed by atoms with E-state index in [0.717, 1.165) is 64.4 Å². The predicted octanol–water partition coefficient (Wildman–Crippen LogP) is 6.26. The second kappa shape index (κ2) is 9.96. The molecule has 0 spiro atoms. The second-order valence-corrected chi connectivity index (χ2v) is 9.44. The summed E-state index contributed by atoms with van der Waals surface area (Å²) in [7, 11) is 0. The van der Waals surface area contributed by atoms with Crippen LogP contribution < -0.4 is 10.7 Å². The van der Waals surface area contributed by atoms with Crippen molar-refractivity contribution < 1.29 is 0 Å². The van der Waals surface area contributed by atoms with Gasteiger partial charge in [-0.3, -0.25) is 4.99 Å². The van der Waals surface area contributed by atoms with Gasteiger partial charge in [0.1, 0.15) is 0 Å². The Morgan fingerprint density at radius 1 is 0.917 bits per heavy atom. The largest absolute Gasteiger partial charge is 0.354 e. The Hall–Kier alpha value is -3.96. The van der Waals surface area contributed by atoms with Gasteiger partial charge < -0.3 is 14.8 Å². The Bertz CT molecular complexity index is 1510. The number of nitrogens with one attached hydrogen (secondary N) is 1. The minimum absolute atomic E-state index is 0.283. The highest BCUT2D eigenvalue weighted by Gasteiger charge is 2.20. The standard InChI is InChI=1S/C31H31N5/c1-2-35-19-11-14-24(22-35)33-28-21-31-29(20-27(28)32-23-12-5-3-6-13-23)34-26-17-9-10-18-30(26)36(31)25-15-7-4-8-16-25/h3-10,12-13,15-18,20-21,24,32H,2,11,14,19,22H2,1H3. The number of aromatic nitrogens is 2. The van der Waals surface area contributed by atoms with Crippen molar-refractivity contribution >= 4 is 22.4 Å². The van der Waals surface area contributed by atoms with E-state index in [1.165, 1.54) is 13.0 Å². The van der Waals surface area contributed by atoms with Crippen molar-refractivity contribution in [1.82, 2.24) is 14.5 Å². The van der Waals surface area contributed by atoms with Gasteiger partial charge >= 0.3 is 0 Å². The SMILES string of the molecule is CCN1CCCC(N=c2cc3n(-c4ccccc4)c4ccccc4nc-3cc2Nc2ccccc2)C1. The van der Waals surface area contributed by atoms with E-state index in [-0.39, 0.29) is 6.04 Å². The molecule has 3 aromatic rings. The van der Waals surface area contributed by atoms with Gasteiger partial charge in [0.2, 0.25) is 0 Å². The Balaban J connectivity index is 1.60. The van der Waals surface area contributed by atoms with Crippen LogP contribution in [0, 0.1) is 0 Å². The molecule has 2 heterocycles. The van der Waals surface area contributed by atoms with E-state index < -0.39 is 0 Å². The van der Waals surface area contributed by atoms with Crippen LogP contribution in [0.2, 0.25) is 0 Å². The fourth-order valence-electron chi connectivity index (χ4n) is 5.20. The molecule has 0 radical (unpaired) electrons. The normalized spacial score (nSPS) is 17.0. The molecule has 2 aliphatic heterocycles. The molecule has 0 aromatic heterocycles. The third-order valence-corrected chi connectivity index (χ3v) is 7.01. The number of anilines is 2. The zero-order valence-corrected chi connectivity index (χ0v) is 20.6. The van der Waals surface area contributed by atoms with Gasteiger partial charge in [0.25, 0.3) is 0 Å². The number of para-hydroxylation sites is 4. The number of nitrogens with zero attached hydrogens (tertiary/aromatic N) is 4. The highest BCUT2D eigenvalue weighted by Crippen LogP contribution is 2.30. The summed E-state index contributed by atoms with van der Waals surface area (Å²) in [5.41, 5.74) is 7.20. The minimum atomic E-state index is 0.283. The van der Waals surface area contributed by atoms with Gasteiger partial charge in [-0.1, -0.05) is 55.5 Å². The first kappa shape index (κ1) is 22.5. The van der Waals surface area contributed by atoms with Crippen LogP contribution in [0.3, 0.4) is 0 Å². The number of fused-ring (bicyclic) bond motifs is 2. The van der Waals surface area contributed by atoms with Crippen molar-refractivity contribution in [2.45, 2.75) is 25.8 Å². The molecule has 0 amide bonds. The lowest BCUT2D eigenvalue weighted by Gasteiger charge is -2.29. The second-order valence-electron chi connectivity index (χ2n) is 9.44. The third-order valence-electron chi connectivity index (χ3n) is 7.01. The highest BCUT2D eigenvalue weighted by atomic mass is 15.1. The zero-order valence-electron chi connectivity index (χ0n) is 20.6. The summed E-state index contributed by atoms with van der Waals surface area (Å²) < 4.78 is 2.31. The monoisotopic (exact) mass is 473 g/mol.